The summed E-state index contributed by atoms with van der Waals surface area (Å²) in [4.78, 5) is 12.0. The highest BCUT2D eigenvalue weighted by Crippen LogP contribution is 2.25. The first-order valence-corrected chi connectivity index (χ1v) is 8.71. The maximum atomic E-state index is 13.0. The number of benzene rings is 2. The molecule has 3 rings (SSSR count). The van der Waals surface area contributed by atoms with Crippen molar-refractivity contribution in [2.75, 3.05) is 19.8 Å². The number of carbonyl (C=O) groups is 1. The van der Waals surface area contributed by atoms with Gasteiger partial charge in [0.2, 0.25) is 5.91 Å². The molecule has 1 saturated heterocycles. The van der Waals surface area contributed by atoms with Crippen molar-refractivity contribution < 1.29 is 18.7 Å². The number of hydrogen-bond acceptors (Lipinski definition) is 4. The van der Waals surface area contributed by atoms with Gasteiger partial charge in [-0.3, -0.25) is 4.79 Å². The van der Waals surface area contributed by atoms with Gasteiger partial charge in [-0.05, 0) is 48.4 Å². The van der Waals surface area contributed by atoms with Crippen LogP contribution < -0.4 is 15.4 Å². The molecule has 0 saturated carbocycles. The summed E-state index contributed by atoms with van der Waals surface area (Å²) in [6.07, 6.45) is 0.407. The van der Waals surface area contributed by atoms with Gasteiger partial charge >= 0.3 is 0 Å². The third-order valence-corrected chi connectivity index (χ3v) is 4.20. The molecule has 27 heavy (non-hydrogen) atoms. The molecule has 1 heterocycles. The molecule has 0 bridgehead atoms. The average Bonchev–Trinajstić information content (AvgIpc) is 2.64. The lowest BCUT2D eigenvalue weighted by Crippen LogP contribution is -2.44. The van der Waals surface area contributed by atoms with Crippen LogP contribution in [0.3, 0.4) is 0 Å². The number of carbonyl (C=O) groups excluding carboxylic acids is 1. The second-order valence-electron chi connectivity index (χ2n) is 6.36. The molecule has 1 aliphatic rings. The van der Waals surface area contributed by atoms with Gasteiger partial charge in [0.15, 0.2) is 0 Å². The van der Waals surface area contributed by atoms with Crippen molar-refractivity contribution >= 4 is 18.3 Å². The van der Waals surface area contributed by atoms with Crippen molar-refractivity contribution in [3.63, 3.8) is 0 Å². The smallest absolute Gasteiger partial charge is 0.221 e. The third-order valence-electron chi connectivity index (χ3n) is 4.20. The summed E-state index contributed by atoms with van der Waals surface area (Å²) in [5.41, 5.74) is 1.94. The van der Waals surface area contributed by atoms with Gasteiger partial charge in [0.05, 0.1) is 13.2 Å². The van der Waals surface area contributed by atoms with Crippen molar-refractivity contribution in [2.45, 2.75) is 25.9 Å². The molecule has 2 aromatic carbocycles. The van der Waals surface area contributed by atoms with Crippen LogP contribution in [0.5, 0.6) is 11.5 Å². The summed E-state index contributed by atoms with van der Waals surface area (Å²) in [7, 11) is 0. The van der Waals surface area contributed by atoms with Crippen molar-refractivity contribution in [1.29, 1.82) is 0 Å². The lowest BCUT2D eigenvalue weighted by molar-refractivity contribution is -0.122. The SMILES string of the molecule is Cc1cc(CNC(=O)CC2COCCN2)ccc1Oc1ccc(F)cc1.Cl. The number of hydrogen-bond donors (Lipinski definition) is 2. The van der Waals surface area contributed by atoms with Gasteiger partial charge < -0.3 is 20.1 Å². The molecule has 1 amide bonds. The molecule has 146 valence electrons. The molecule has 2 N–H and O–H groups in total. The molecule has 0 spiro atoms. The fourth-order valence-corrected chi connectivity index (χ4v) is 2.81. The Bertz CT molecular complexity index is 749. The first kappa shape index (κ1) is 21.2. The minimum Gasteiger partial charge on any atom is -0.457 e. The number of morpholine rings is 1. The predicted octanol–water partition coefficient (Wildman–Crippen LogP) is 3.34. The van der Waals surface area contributed by atoms with Gasteiger partial charge in [0.25, 0.3) is 0 Å². The number of amides is 1. The van der Waals surface area contributed by atoms with E-state index in [-0.39, 0.29) is 30.2 Å². The number of rotatable bonds is 6. The molecule has 5 nitrogen and oxygen atoms in total. The van der Waals surface area contributed by atoms with Gasteiger partial charge in [0.1, 0.15) is 17.3 Å². The molecular weight excluding hydrogens is 371 g/mol. The fourth-order valence-electron chi connectivity index (χ4n) is 2.81. The van der Waals surface area contributed by atoms with E-state index < -0.39 is 0 Å². The number of halogens is 2. The third kappa shape index (κ3) is 6.50. The highest BCUT2D eigenvalue weighted by Gasteiger charge is 2.16. The van der Waals surface area contributed by atoms with Crippen molar-refractivity contribution in [3.05, 3.63) is 59.4 Å². The Kier molecular flexibility index (Phi) is 8.03. The maximum absolute atomic E-state index is 13.0. The van der Waals surface area contributed by atoms with E-state index >= 15 is 0 Å². The number of ether oxygens (including phenoxy) is 2. The quantitative estimate of drug-likeness (QED) is 0.788. The Morgan fingerprint density at radius 1 is 1.30 bits per heavy atom. The van der Waals surface area contributed by atoms with E-state index in [0.29, 0.717) is 37.7 Å². The van der Waals surface area contributed by atoms with Gasteiger partial charge in [0, 0.05) is 25.6 Å². The lowest BCUT2D eigenvalue weighted by Gasteiger charge is -2.23. The molecule has 1 fully saturated rings. The molecule has 0 aliphatic carbocycles. The van der Waals surface area contributed by atoms with Gasteiger partial charge in [-0.1, -0.05) is 12.1 Å². The van der Waals surface area contributed by atoms with E-state index in [1.807, 2.05) is 25.1 Å². The van der Waals surface area contributed by atoms with Crippen LogP contribution >= 0.6 is 12.4 Å². The van der Waals surface area contributed by atoms with E-state index in [2.05, 4.69) is 10.6 Å². The Hall–Kier alpha value is -2.15. The summed E-state index contributed by atoms with van der Waals surface area (Å²) in [5, 5.41) is 6.20. The normalized spacial score (nSPS) is 16.3. The Morgan fingerprint density at radius 3 is 2.74 bits per heavy atom. The molecular formula is C20H24ClFN2O3. The van der Waals surface area contributed by atoms with E-state index in [1.54, 1.807) is 12.1 Å². The van der Waals surface area contributed by atoms with Crippen LogP contribution in [0, 0.1) is 12.7 Å². The summed E-state index contributed by atoms with van der Waals surface area (Å²) in [5.74, 6) is 0.987. The second kappa shape index (κ2) is 10.3. The highest BCUT2D eigenvalue weighted by atomic mass is 35.5. The van der Waals surface area contributed by atoms with Gasteiger partial charge in [-0.25, -0.2) is 4.39 Å². The molecule has 2 aromatic rings. The first-order chi connectivity index (χ1) is 12.6. The number of aryl methyl sites for hydroxylation is 1. The monoisotopic (exact) mass is 394 g/mol. The molecule has 7 heteroatoms. The van der Waals surface area contributed by atoms with Gasteiger partial charge in [-0.2, -0.15) is 0 Å². The van der Waals surface area contributed by atoms with E-state index in [4.69, 9.17) is 9.47 Å². The topological polar surface area (TPSA) is 59.6 Å². The lowest BCUT2D eigenvalue weighted by atomic mass is 10.1. The highest BCUT2D eigenvalue weighted by molar-refractivity contribution is 5.85. The van der Waals surface area contributed by atoms with Crippen LogP contribution in [0.1, 0.15) is 17.5 Å². The van der Waals surface area contributed by atoms with Crippen LogP contribution in [0.25, 0.3) is 0 Å². The zero-order valence-electron chi connectivity index (χ0n) is 15.2. The minimum atomic E-state index is -0.296. The first-order valence-electron chi connectivity index (χ1n) is 8.71. The van der Waals surface area contributed by atoms with Gasteiger partial charge in [-0.15, -0.1) is 12.4 Å². The standard InChI is InChI=1S/C20H23FN2O3.ClH/c1-14-10-15(12-23-20(24)11-17-13-25-9-8-22-17)2-7-19(14)26-18-5-3-16(21)4-6-18;/h2-7,10,17,22H,8-9,11-13H2,1H3,(H,23,24);1H. The van der Waals surface area contributed by atoms with Crippen LogP contribution in [0.2, 0.25) is 0 Å². The van der Waals surface area contributed by atoms with E-state index in [0.717, 1.165) is 17.7 Å². The summed E-state index contributed by atoms with van der Waals surface area (Å²) in [6.45, 7) is 4.45. The summed E-state index contributed by atoms with van der Waals surface area (Å²) in [6, 6.07) is 11.7. The van der Waals surface area contributed by atoms with Crippen LogP contribution in [0.4, 0.5) is 4.39 Å². The molecule has 1 unspecified atom stereocenters. The van der Waals surface area contributed by atoms with E-state index in [9.17, 15) is 9.18 Å². The minimum absolute atomic E-state index is 0. The van der Waals surface area contributed by atoms with Crippen LogP contribution in [0.15, 0.2) is 42.5 Å². The predicted molar refractivity (Wildman–Crippen MR) is 104 cm³/mol. The molecule has 0 aromatic heterocycles. The summed E-state index contributed by atoms with van der Waals surface area (Å²) < 4.78 is 24.1. The zero-order valence-corrected chi connectivity index (χ0v) is 16.0. The Morgan fingerprint density at radius 2 is 2.07 bits per heavy atom. The second-order valence-corrected chi connectivity index (χ2v) is 6.36. The van der Waals surface area contributed by atoms with E-state index in [1.165, 1.54) is 12.1 Å². The van der Waals surface area contributed by atoms with Crippen LogP contribution in [-0.2, 0) is 16.1 Å². The average molecular weight is 395 g/mol. The van der Waals surface area contributed by atoms with Crippen molar-refractivity contribution in [1.82, 2.24) is 10.6 Å². The van der Waals surface area contributed by atoms with Crippen molar-refractivity contribution in [3.8, 4) is 11.5 Å². The largest absolute Gasteiger partial charge is 0.457 e. The van der Waals surface area contributed by atoms with Crippen molar-refractivity contribution in [2.24, 2.45) is 0 Å². The maximum Gasteiger partial charge on any atom is 0.221 e. The fraction of sp³-hybridized carbons (Fsp3) is 0.350. The molecule has 1 atom stereocenters. The zero-order chi connectivity index (χ0) is 18.4. The van der Waals surface area contributed by atoms with Crippen LogP contribution in [-0.4, -0.2) is 31.7 Å². The number of nitrogens with one attached hydrogen (secondary N) is 2. The summed E-state index contributed by atoms with van der Waals surface area (Å²) >= 11 is 0. The molecule has 1 aliphatic heterocycles. The Balaban J connectivity index is 0.00000261. The molecule has 0 radical (unpaired) electrons. The Labute approximate surface area is 164 Å².